The number of carboxylic acid groups (broad SMARTS) is 1. The standard InChI is InChI=1S/C67H79FN12O8S3/c1-41-48-18-15-31-79(61(48)76-75-60(41)74-65-71-50-19-12-13-20-53(50)90-65)66-73-57(64(86)87)54(91-66)21-16-36-88-52-29-24-44(37-49(52)68)17-14-30-77-32-34-78(35-33-77)56(83)23-11-9-7-8-10-22-55(82)72-59(67(4,5)6)63(85)80-39-47(81)38-51(80)62(84)70-42(2)45-25-27-46(28-26-45)58-43(3)69-40-89-58/h12-13,19-20,24-29,37,40,42,47,51,59,81H,7-11,15-16,18,21-23,30-36,38-39H2,1-6H3,(H,70,84)(H,72,82)(H,86,87)(H,71,74,75)/t42-,47+,51-,59?/m0/s1. The molecule has 7 aromatic rings. The third-order valence-corrected chi connectivity index (χ3v) is 19.9. The van der Waals surface area contributed by atoms with E-state index in [1.807, 2.05) is 105 Å². The average Bonchev–Trinajstić information content (AvgIpc) is 1.87. The molecule has 5 N–H and O–H groups in total. The molecule has 24 heteroatoms. The van der Waals surface area contributed by atoms with E-state index in [1.165, 1.54) is 22.3 Å². The van der Waals surface area contributed by atoms with E-state index in [0.29, 0.717) is 92.2 Å². The normalized spacial score (nSPS) is 16.6. The largest absolute Gasteiger partial charge is 0.491 e. The molecule has 0 saturated carbocycles. The lowest BCUT2D eigenvalue weighted by Crippen LogP contribution is -2.57. The predicted molar refractivity (Wildman–Crippen MR) is 353 cm³/mol. The maximum Gasteiger partial charge on any atom is 0.355 e. The molecule has 3 aromatic carbocycles. The number of amides is 4. The Labute approximate surface area is 542 Å². The summed E-state index contributed by atoms with van der Waals surface area (Å²) in [6, 6.07) is 18.3. The number of aromatic carboxylic acids is 1. The van der Waals surface area contributed by atoms with Crippen LogP contribution in [0.2, 0.25) is 0 Å². The van der Waals surface area contributed by atoms with Crippen LogP contribution >= 0.6 is 34.0 Å². The van der Waals surface area contributed by atoms with Crippen LogP contribution in [0.4, 0.5) is 26.3 Å². The molecule has 91 heavy (non-hydrogen) atoms. The van der Waals surface area contributed by atoms with Crippen LogP contribution in [0.15, 0.2) is 72.2 Å². The Morgan fingerprint density at radius 1 is 0.879 bits per heavy atom. The first-order chi connectivity index (χ1) is 43.8. The SMILES string of the molecule is Cc1ncsc1-c1ccc([C@H](C)NC(=O)[C@@H]2C[C@@H](O)CN2C(=O)C(NC(=O)CCCCCCCC(=O)N2CCN(CC#Cc3ccc(OCCCc4sc(N5CCCc6c5nnc(Nc5nc7ccccc7s5)c6C)nc4C(=O)O)c(F)c3)CC2)C(C)(C)C)cc1. The van der Waals surface area contributed by atoms with Crippen LogP contribution < -0.4 is 25.6 Å². The number of fused-ring (bicyclic) bond motifs is 2. The van der Waals surface area contributed by atoms with E-state index in [2.05, 4.69) is 57.8 Å². The Bertz CT molecular complexity index is 3780. The molecule has 3 aliphatic heterocycles. The van der Waals surface area contributed by atoms with Gasteiger partial charge in [-0.2, -0.15) is 0 Å². The molecule has 4 aromatic heterocycles. The quantitative estimate of drug-likeness (QED) is 0.0279. The molecule has 20 nitrogen and oxygen atoms in total. The molecule has 10 rings (SSSR count). The molecule has 4 amide bonds. The number of aliphatic hydroxyl groups is 1. The van der Waals surface area contributed by atoms with E-state index < -0.39 is 41.3 Å². The van der Waals surface area contributed by atoms with E-state index in [1.54, 1.807) is 34.8 Å². The third kappa shape index (κ3) is 16.6. The summed E-state index contributed by atoms with van der Waals surface area (Å²) in [5.41, 5.74) is 7.42. The summed E-state index contributed by atoms with van der Waals surface area (Å²) in [5, 5.41) is 40.5. The Morgan fingerprint density at radius 3 is 2.36 bits per heavy atom. The van der Waals surface area contributed by atoms with Crippen LogP contribution in [0, 0.1) is 36.9 Å². The van der Waals surface area contributed by atoms with Gasteiger partial charge in [0.05, 0.1) is 51.6 Å². The summed E-state index contributed by atoms with van der Waals surface area (Å²) in [7, 11) is 0. The molecular weight excluding hydrogens is 1220 g/mol. The van der Waals surface area contributed by atoms with Gasteiger partial charge >= 0.3 is 5.97 Å². The number of anilines is 4. The zero-order chi connectivity index (χ0) is 64.3. The topological polar surface area (TPSA) is 249 Å². The second-order valence-corrected chi connectivity index (χ2v) is 27.6. The number of rotatable bonds is 24. The molecule has 2 saturated heterocycles. The van der Waals surface area contributed by atoms with Crippen LogP contribution in [-0.2, 0) is 32.0 Å². The van der Waals surface area contributed by atoms with Gasteiger partial charge in [-0.1, -0.05) is 99.6 Å². The molecule has 0 bridgehead atoms. The lowest BCUT2D eigenvalue weighted by atomic mass is 9.85. The summed E-state index contributed by atoms with van der Waals surface area (Å²) in [4.78, 5) is 89.4. The van der Waals surface area contributed by atoms with Gasteiger partial charge in [0.2, 0.25) is 23.6 Å². The minimum atomic E-state index is -1.12. The number of nitrogens with one attached hydrogen (secondary N) is 3. The van der Waals surface area contributed by atoms with Crippen molar-refractivity contribution in [1.29, 1.82) is 0 Å². The van der Waals surface area contributed by atoms with Gasteiger partial charge in [-0.15, -0.1) is 32.9 Å². The maximum absolute atomic E-state index is 15.3. The number of carbonyl (C=O) groups is 5. The van der Waals surface area contributed by atoms with E-state index in [0.717, 1.165) is 86.7 Å². The molecule has 480 valence electrons. The third-order valence-electron chi connectivity index (χ3n) is 16.9. The van der Waals surface area contributed by atoms with Crippen LogP contribution in [0.3, 0.4) is 0 Å². The average molecular weight is 1300 g/mol. The minimum absolute atomic E-state index is 0.00339. The zero-order valence-electron chi connectivity index (χ0n) is 52.4. The number of carbonyl (C=O) groups excluding carboxylic acids is 4. The first-order valence-corrected chi connectivity index (χ1v) is 33.8. The highest BCUT2D eigenvalue weighted by Crippen LogP contribution is 2.40. The fraction of sp³-hybridized carbons (Fsp3) is 0.463. The Kier molecular flexibility index (Phi) is 21.7. The molecule has 3 aliphatic rings. The Hall–Kier alpha value is -7.95. The van der Waals surface area contributed by atoms with Gasteiger partial charge in [0.15, 0.2) is 39.2 Å². The number of ether oxygens (including phenoxy) is 1. The van der Waals surface area contributed by atoms with Gasteiger partial charge in [-0.05, 0) is 106 Å². The van der Waals surface area contributed by atoms with E-state index in [9.17, 15) is 34.2 Å². The molecular formula is C67H79FN12O8S3. The number of halogens is 1. The first-order valence-electron chi connectivity index (χ1n) is 31.3. The molecule has 0 aliphatic carbocycles. The summed E-state index contributed by atoms with van der Waals surface area (Å²) >= 11 is 4.42. The van der Waals surface area contributed by atoms with Gasteiger partial charge in [0, 0.05) is 80.1 Å². The predicted octanol–water partition coefficient (Wildman–Crippen LogP) is 10.6. The highest BCUT2D eigenvalue weighted by atomic mass is 32.1. The smallest absolute Gasteiger partial charge is 0.355 e. The number of unbranched alkanes of at least 4 members (excludes halogenated alkanes) is 4. The van der Waals surface area contributed by atoms with Crippen LogP contribution in [-0.4, -0.2) is 150 Å². The fourth-order valence-corrected chi connectivity index (χ4v) is 14.5. The Morgan fingerprint density at radius 2 is 1.64 bits per heavy atom. The van der Waals surface area contributed by atoms with E-state index in [-0.39, 0.29) is 61.2 Å². The number of aromatic nitrogens is 5. The number of hydrogen-bond acceptors (Lipinski definition) is 18. The number of nitrogens with zero attached hydrogens (tertiary/aromatic N) is 9. The minimum Gasteiger partial charge on any atom is -0.491 e. The summed E-state index contributed by atoms with van der Waals surface area (Å²) in [5.74, 6) is 5.01. The zero-order valence-corrected chi connectivity index (χ0v) is 54.8. The van der Waals surface area contributed by atoms with Gasteiger partial charge in [-0.25, -0.2) is 24.1 Å². The van der Waals surface area contributed by atoms with Gasteiger partial charge < -0.3 is 45.6 Å². The molecule has 0 radical (unpaired) electrons. The van der Waals surface area contributed by atoms with Crippen LogP contribution in [0.5, 0.6) is 5.75 Å². The summed E-state index contributed by atoms with van der Waals surface area (Å²) < 4.78 is 22.2. The molecule has 1 unspecified atom stereocenters. The number of aryl methyl sites for hydroxylation is 2. The number of para-hydroxylation sites is 1. The van der Waals surface area contributed by atoms with Crippen molar-refractivity contribution in [3.63, 3.8) is 0 Å². The molecule has 2 fully saturated rings. The maximum atomic E-state index is 15.3. The van der Waals surface area contributed by atoms with E-state index >= 15 is 4.39 Å². The van der Waals surface area contributed by atoms with Crippen molar-refractivity contribution >= 4 is 95.7 Å². The van der Waals surface area contributed by atoms with Crippen molar-refractivity contribution < 1.29 is 43.3 Å². The number of piperazine rings is 1. The van der Waals surface area contributed by atoms with Crippen LogP contribution in [0.25, 0.3) is 20.7 Å². The first kappa shape index (κ1) is 66.0. The van der Waals surface area contributed by atoms with Crippen molar-refractivity contribution in [2.24, 2.45) is 5.41 Å². The molecule has 4 atom stereocenters. The molecule has 7 heterocycles. The second kappa shape index (κ2) is 30.0. The van der Waals surface area contributed by atoms with Gasteiger partial charge in [0.1, 0.15) is 12.1 Å². The lowest BCUT2D eigenvalue weighted by molar-refractivity contribution is -0.144. The van der Waals surface area contributed by atoms with Crippen molar-refractivity contribution in [2.45, 2.75) is 143 Å². The van der Waals surface area contributed by atoms with Crippen molar-refractivity contribution in [3.8, 4) is 28.0 Å². The van der Waals surface area contributed by atoms with Crippen LogP contribution in [0.1, 0.15) is 141 Å². The number of thiazole rings is 3. The number of hydrogen-bond donors (Lipinski definition) is 5. The number of likely N-dealkylation sites (tertiary alicyclic amines) is 1. The highest BCUT2D eigenvalue weighted by Gasteiger charge is 2.45. The van der Waals surface area contributed by atoms with Crippen molar-refractivity contribution in [2.75, 3.05) is 62.6 Å². The second-order valence-electron chi connectivity index (χ2n) is 24.6. The van der Waals surface area contributed by atoms with E-state index in [4.69, 9.17) is 4.74 Å². The summed E-state index contributed by atoms with van der Waals surface area (Å²) in [6.45, 7) is 15.3. The molecule has 0 spiro atoms. The number of β-amino-alcohol motifs (C(OH)–C–C–N with tert-alkyl or cyclic N) is 1. The van der Waals surface area contributed by atoms with Crippen molar-refractivity contribution in [1.82, 2.24) is 50.5 Å². The lowest BCUT2D eigenvalue weighted by Gasteiger charge is -2.35. The van der Waals surface area contributed by atoms with Gasteiger partial charge in [-0.3, -0.25) is 24.1 Å². The number of aliphatic hydroxyl groups excluding tert-OH is 1. The number of carboxylic acids is 1. The highest BCUT2D eigenvalue weighted by molar-refractivity contribution is 7.22. The number of benzene rings is 3. The fourth-order valence-electron chi connectivity index (χ4n) is 11.7. The van der Waals surface area contributed by atoms with Crippen molar-refractivity contribution in [3.05, 3.63) is 117 Å². The Balaban J connectivity index is 0.596. The summed E-state index contributed by atoms with van der Waals surface area (Å²) in [6.07, 6.45) is 6.20. The monoisotopic (exact) mass is 1290 g/mol. The van der Waals surface area contributed by atoms with Gasteiger partial charge in [0.25, 0.3) is 0 Å².